The maximum atomic E-state index is 12.5. The van der Waals surface area contributed by atoms with Crippen molar-refractivity contribution < 1.29 is 0 Å². The minimum absolute atomic E-state index is 0.347. The number of nitrogens with two attached hydrogens (primary N) is 1. The maximum absolute atomic E-state index is 12.5. The first-order chi connectivity index (χ1) is 12.0. The highest BCUT2D eigenvalue weighted by molar-refractivity contribution is 7.99. The van der Waals surface area contributed by atoms with Gasteiger partial charge in [-0.25, -0.2) is 4.40 Å². The Bertz CT molecular complexity index is 1090. The number of thioether (sulfide) groups is 1. The van der Waals surface area contributed by atoms with Crippen molar-refractivity contribution in [1.82, 2.24) is 13.8 Å². The van der Waals surface area contributed by atoms with Crippen LogP contribution in [0.4, 0.5) is 11.5 Å². The molecule has 0 unspecified atom stereocenters. The fourth-order valence-electron chi connectivity index (χ4n) is 2.63. The highest BCUT2D eigenvalue weighted by Crippen LogP contribution is 2.33. The van der Waals surface area contributed by atoms with Gasteiger partial charge in [-0.15, -0.1) is 0 Å². The molecule has 6 nitrogen and oxygen atoms in total. The number of allylic oxidation sites excluding steroid dienone is 1. The van der Waals surface area contributed by atoms with Crippen LogP contribution in [0.1, 0.15) is 25.0 Å². The fourth-order valence-corrected chi connectivity index (χ4v) is 4.31. The molecule has 0 spiro atoms. The van der Waals surface area contributed by atoms with Gasteiger partial charge in [0.05, 0.1) is 11.3 Å². The van der Waals surface area contributed by atoms with Crippen molar-refractivity contribution in [3.63, 3.8) is 0 Å². The monoisotopic (exact) mass is 369 g/mol. The van der Waals surface area contributed by atoms with Crippen molar-refractivity contribution in [3.05, 3.63) is 45.7 Å². The van der Waals surface area contributed by atoms with Crippen molar-refractivity contribution >= 4 is 57.6 Å². The van der Waals surface area contributed by atoms with E-state index in [0.717, 1.165) is 22.0 Å². The van der Waals surface area contributed by atoms with Crippen LogP contribution in [0.25, 0.3) is 16.6 Å². The number of anilines is 1. The molecule has 0 atom stereocenters. The standard InChI is InChI=1S/C17H15N5OS2/c1-9(2)24-17-21-25-16-20-15(23)12(14(18)22(16)17)7-10-8-19-13-6-4-3-5-11(10)13/h3-9H,18H2,1-2H3. The lowest BCUT2D eigenvalue weighted by molar-refractivity contribution is 0.941. The molecule has 0 bridgehead atoms. The molecule has 8 heteroatoms. The van der Waals surface area contributed by atoms with E-state index in [-0.39, 0.29) is 5.56 Å². The van der Waals surface area contributed by atoms with Gasteiger partial charge in [0.15, 0.2) is 5.16 Å². The summed E-state index contributed by atoms with van der Waals surface area (Å²) in [6.07, 6.45) is 3.50. The fraction of sp³-hybridized carbons (Fsp3) is 0.176. The summed E-state index contributed by atoms with van der Waals surface area (Å²) in [7, 11) is 0. The lowest BCUT2D eigenvalue weighted by atomic mass is 10.1. The molecule has 0 amide bonds. The number of fused-ring (bicyclic) bond motifs is 2. The lowest BCUT2D eigenvalue weighted by Gasteiger charge is -2.07. The highest BCUT2D eigenvalue weighted by Gasteiger charge is 2.18. The van der Waals surface area contributed by atoms with E-state index in [1.807, 2.05) is 24.3 Å². The molecular formula is C17H15N5OS2. The largest absolute Gasteiger partial charge is 0.384 e. The molecule has 0 saturated carbocycles. The quantitative estimate of drug-likeness (QED) is 0.714. The zero-order valence-corrected chi connectivity index (χ0v) is 15.3. The minimum Gasteiger partial charge on any atom is -0.384 e. The third-order valence-electron chi connectivity index (χ3n) is 3.73. The Morgan fingerprint density at radius 1 is 1.32 bits per heavy atom. The Morgan fingerprint density at radius 2 is 2.12 bits per heavy atom. The summed E-state index contributed by atoms with van der Waals surface area (Å²) in [4.78, 5) is 21.5. The normalized spacial score (nSPS) is 14.8. The molecule has 0 aliphatic carbocycles. The first-order valence-electron chi connectivity index (χ1n) is 7.74. The van der Waals surface area contributed by atoms with Crippen molar-refractivity contribution in [1.29, 1.82) is 0 Å². The van der Waals surface area contributed by atoms with Crippen LogP contribution >= 0.6 is 23.3 Å². The smallest absolute Gasteiger partial charge is 0.283 e. The van der Waals surface area contributed by atoms with E-state index in [0.29, 0.717) is 21.6 Å². The SMILES string of the molecule is CC(C)Sc1nsc2nc(=O)c(C=C3C=Nc4ccccc43)c(N)n12. The van der Waals surface area contributed by atoms with Gasteiger partial charge in [-0.05, 0) is 12.1 Å². The second-order valence-electron chi connectivity index (χ2n) is 5.84. The number of nitrogens with zero attached hydrogens (tertiary/aromatic N) is 4. The molecule has 1 aliphatic rings. The van der Waals surface area contributed by atoms with Gasteiger partial charge < -0.3 is 5.73 Å². The molecule has 1 aliphatic heterocycles. The van der Waals surface area contributed by atoms with E-state index in [2.05, 4.69) is 28.2 Å². The molecule has 3 heterocycles. The molecule has 4 rings (SSSR count). The zero-order valence-electron chi connectivity index (χ0n) is 13.6. The number of hydrogen-bond donors (Lipinski definition) is 1. The van der Waals surface area contributed by atoms with Crippen LogP contribution in [0.3, 0.4) is 0 Å². The third kappa shape index (κ3) is 2.77. The topological polar surface area (TPSA) is 85.6 Å². The molecule has 1 aromatic carbocycles. The van der Waals surface area contributed by atoms with E-state index in [1.54, 1.807) is 28.5 Å². The number of aromatic nitrogens is 3. The summed E-state index contributed by atoms with van der Waals surface area (Å²) >= 11 is 2.77. The first kappa shape index (κ1) is 16.0. The molecule has 0 fully saturated rings. The molecule has 126 valence electrons. The number of benzene rings is 1. The second-order valence-corrected chi connectivity index (χ2v) is 8.11. The Kier molecular flexibility index (Phi) is 3.93. The van der Waals surface area contributed by atoms with Gasteiger partial charge in [0, 0.05) is 34.1 Å². The van der Waals surface area contributed by atoms with Crippen molar-refractivity contribution in [2.45, 2.75) is 24.3 Å². The van der Waals surface area contributed by atoms with Crippen LogP contribution in [0.15, 0.2) is 39.2 Å². The Balaban J connectivity index is 1.90. The van der Waals surface area contributed by atoms with E-state index in [1.165, 1.54) is 11.5 Å². The summed E-state index contributed by atoms with van der Waals surface area (Å²) in [5.74, 6) is 0.359. The molecule has 0 radical (unpaired) electrons. The predicted molar refractivity (Wildman–Crippen MR) is 105 cm³/mol. The zero-order chi connectivity index (χ0) is 17.6. The van der Waals surface area contributed by atoms with Gasteiger partial charge in [0.25, 0.3) is 5.56 Å². The number of para-hydroxylation sites is 1. The van der Waals surface area contributed by atoms with E-state index in [4.69, 9.17) is 5.73 Å². The average molecular weight is 369 g/mol. The molecule has 2 aromatic heterocycles. The molecule has 0 saturated heterocycles. The summed E-state index contributed by atoms with van der Waals surface area (Å²) in [5.41, 5.74) is 9.05. The van der Waals surface area contributed by atoms with Crippen LogP contribution in [-0.4, -0.2) is 25.2 Å². The molecule has 2 N–H and O–H groups in total. The van der Waals surface area contributed by atoms with Gasteiger partial charge in [0.2, 0.25) is 4.96 Å². The lowest BCUT2D eigenvalue weighted by Crippen LogP contribution is -2.16. The van der Waals surface area contributed by atoms with Crippen molar-refractivity contribution in [2.75, 3.05) is 5.73 Å². The van der Waals surface area contributed by atoms with Crippen LogP contribution < -0.4 is 11.3 Å². The minimum atomic E-state index is -0.354. The predicted octanol–water partition coefficient (Wildman–Crippen LogP) is 3.49. The number of nitrogen functional groups attached to an aromatic ring is 1. The summed E-state index contributed by atoms with van der Waals surface area (Å²) in [6, 6.07) is 7.78. The first-order valence-corrected chi connectivity index (χ1v) is 9.39. The van der Waals surface area contributed by atoms with Gasteiger partial charge in [-0.3, -0.25) is 9.79 Å². The van der Waals surface area contributed by atoms with Gasteiger partial charge in [-0.2, -0.15) is 9.36 Å². The Labute approximate surface area is 152 Å². The summed E-state index contributed by atoms with van der Waals surface area (Å²) < 4.78 is 6.14. The van der Waals surface area contributed by atoms with Gasteiger partial charge >= 0.3 is 0 Å². The van der Waals surface area contributed by atoms with E-state index >= 15 is 0 Å². The van der Waals surface area contributed by atoms with Crippen LogP contribution in [0.5, 0.6) is 0 Å². The number of rotatable bonds is 3. The van der Waals surface area contributed by atoms with Gasteiger partial charge in [0.1, 0.15) is 5.82 Å². The molecular weight excluding hydrogens is 354 g/mol. The van der Waals surface area contributed by atoms with Crippen molar-refractivity contribution in [2.24, 2.45) is 4.99 Å². The van der Waals surface area contributed by atoms with Crippen LogP contribution in [-0.2, 0) is 0 Å². The van der Waals surface area contributed by atoms with Crippen molar-refractivity contribution in [3.8, 4) is 0 Å². The average Bonchev–Trinajstić information content (AvgIpc) is 3.15. The van der Waals surface area contributed by atoms with E-state index < -0.39 is 0 Å². The second kappa shape index (κ2) is 6.12. The van der Waals surface area contributed by atoms with E-state index in [9.17, 15) is 4.79 Å². The summed E-state index contributed by atoms with van der Waals surface area (Å²) in [5, 5.41) is 1.10. The van der Waals surface area contributed by atoms with Gasteiger partial charge in [-0.1, -0.05) is 43.8 Å². The Hall–Kier alpha value is -2.45. The van der Waals surface area contributed by atoms with Crippen LogP contribution in [0.2, 0.25) is 0 Å². The highest BCUT2D eigenvalue weighted by atomic mass is 32.2. The number of hydrogen-bond acceptors (Lipinski definition) is 7. The third-order valence-corrected chi connectivity index (χ3v) is 5.50. The summed E-state index contributed by atoms with van der Waals surface area (Å²) in [6.45, 7) is 4.16. The Morgan fingerprint density at radius 3 is 2.92 bits per heavy atom. The number of aliphatic imine (C=N–C) groups is 1. The molecule has 25 heavy (non-hydrogen) atoms. The maximum Gasteiger partial charge on any atom is 0.283 e. The van der Waals surface area contributed by atoms with Crippen LogP contribution in [0, 0.1) is 0 Å². The molecule has 3 aromatic rings.